The fourth-order valence-electron chi connectivity index (χ4n) is 4.51. The molecule has 7 nitrogen and oxygen atoms in total. The number of amides is 3. The number of anilines is 2. The number of hydrogen-bond acceptors (Lipinski definition) is 5. The number of nitrogens with one attached hydrogen (secondary N) is 2. The number of benzene rings is 2. The number of urea groups is 1. The van der Waals surface area contributed by atoms with E-state index in [2.05, 4.69) is 60.7 Å². The highest BCUT2D eigenvalue weighted by Crippen LogP contribution is 2.33. The molecule has 1 atom stereocenters. The van der Waals surface area contributed by atoms with Gasteiger partial charge in [-0.1, -0.05) is 81.0 Å². The molecule has 1 aromatic heterocycles. The first kappa shape index (κ1) is 24.9. The number of aryl methyl sites for hydroxylation is 1. The smallest absolute Gasteiger partial charge is 0.312 e. The van der Waals surface area contributed by atoms with Gasteiger partial charge in [0.1, 0.15) is 11.0 Å². The molecule has 1 fully saturated rings. The van der Waals surface area contributed by atoms with Gasteiger partial charge in [0.15, 0.2) is 0 Å². The summed E-state index contributed by atoms with van der Waals surface area (Å²) in [6.45, 7) is 11.0. The number of hydrogen-bond donors (Lipinski definition) is 2. The molecule has 184 valence electrons. The second-order valence-corrected chi connectivity index (χ2v) is 10.7. The van der Waals surface area contributed by atoms with E-state index < -0.39 is 6.04 Å². The van der Waals surface area contributed by atoms with Crippen LogP contribution in [0.4, 0.5) is 15.6 Å². The molecule has 1 aliphatic rings. The molecule has 2 heterocycles. The number of para-hydroxylation sites is 1. The van der Waals surface area contributed by atoms with Crippen LogP contribution in [-0.4, -0.2) is 39.6 Å². The lowest BCUT2D eigenvalue weighted by Gasteiger charge is -2.26. The third kappa shape index (κ3) is 5.53. The first-order valence-corrected chi connectivity index (χ1v) is 13.0. The van der Waals surface area contributed by atoms with Gasteiger partial charge in [-0.15, -0.1) is 10.2 Å². The summed E-state index contributed by atoms with van der Waals surface area (Å²) in [4.78, 5) is 28.1. The zero-order valence-corrected chi connectivity index (χ0v) is 21.8. The Morgan fingerprint density at radius 3 is 2.34 bits per heavy atom. The van der Waals surface area contributed by atoms with Crippen molar-refractivity contribution in [3.8, 4) is 10.6 Å². The number of nitrogens with zero attached hydrogens (tertiary/aromatic N) is 3. The fourth-order valence-corrected chi connectivity index (χ4v) is 5.26. The molecular weight excluding hydrogens is 458 g/mol. The highest BCUT2D eigenvalue weighted by Gasteiger charge is 2.35. The van der Waals surface area contributed by atoms with Gasteiger partial charge < -0.3 is 10.2 Å². The van der Waals surface area contributed by atoms with E-state index in [-0.39, 0.29) is 23.8 Å². The normalized spacial score (nSPS) is 15.6. The summed E-state index contributed by atoms with van der Waals surface area (Å²) in [6, 6.07) is 13.4. The van der Waals surface area contributed by atoms with Gasteiger partial charge >= 0.3 is 6.03 Å². The quantitative estimate of drug-likeness (QED) is 0.418. The van der Waals surface area contributed by atoms with E-state index in [0.29, 0.717) is 18.1 Å². The predicted molar refractivity (Wildman–Crippen MR) is 142 cm³/mol. The Morgan fingerprint density at radius 1 is 1.00 bits per heavy atom. The average molecular weight is 492 g/mol. The summed E-state index contributed by atoms with van der Waals surface area (Å²) in [5.74, 6) is 0.300. The Bertz CT molecular complexity index is 1190. The SMILES string of the molecule is Cc1cccc(-c2nnc(NC(=O)C3CCCN3C(=O)Nc3c(C(C)C)cccc3C(C)C)s2)c1. The molecule has 1 aliphatic heterocycles. The minimum Gasteiger partial charge on any atom is -0.312 e. The third-order valence-corrected chi connectivity index (χ3v) is 7.23. The minimum atomic E-state index is -0.546. The third-order valence-electron chi connectivity index (χ3n) is 6.34. The van der Waals surface area contributed by atoms with Crippen LogP contribution in [0.15, 0.2) is 42.5 Å². The zero-order chi connectivity index (χ0) is 25.1. The van der Waals surface area contributed by atoms with Crippen LogP contribution in [0.2, 0.25) is 0 Å². The first-order valence-electron chi connectivity index (χ1n) is 12.2. The van der Waals surface area contributed by atoms with Crippen LogP contribution in [0.25, 0.3) is 10.6 Å². The summed E-state index contributed by atoms with van der Waals surface area (Å²) in [6.07, 6.45) is 1.39. The van der Waals surface area contributed by atoms with Gasteiger partial charge in [0.05, 0.1) is 0 Å². The van der Waals surface area contributed by atoms with Crippen molar-refractivity contribution in [1.29, 1.82) is 0 Å². The van der Waals surface area contributed by atoms with Crippen molar-refractivity contribution in [2.24, 2.45) is 0 Å². The van der Waals surface area contributed by atoms with Crippen LogP contribution >= 0.6 is 11.3 Å². The molecule has 0 bridgehead atoms. The number of aromatic nitrogens is 2. The first-order chi connectivity index (χ1) is 16.7. The Hall–Kier alpha value is -3.26. The van der Waals surface area contributed by atoms with Crippen molar-refractivity contribution in [2.45, 2.75) is 65.3 Å². The number of carbonyl (C=O) groups is 2. The molecule has 3 amide bonds. The maximum absolute atomic E-state index is 13.4. The molecule has 4 rings (SSSR count). The Kier molecular flexibility index (Phi) is 7.50. The van der Waals surface area contributed by atoms with Crippen molar-refractivity contribution in [3.05, 3.63) is 59.2 Å². The lowest BCUT2D eigenvalue weighted by molar-refractivity contribution is -0.119. The molecule has 1 saturated heterocycles. The summed E-state index contributed by atoms with van der Waals surface area (Å²) in [5.41, 5.74) is 5.16. The van der Waals surface area contributed by atoms with Crippen LogP contribution < -0.4 is 10.6 Å². The van der Waals surface area contributed by atoms with Gasteiger partial charge in [0.25, 0.3) is 0 Å². The molecule has 1 unspecified atom stereocenters. The van der Waals surface area contributed by atoms with E-state index in [1.54, 1.807) is 4.90 Å². The van der Waals surface area contributed by atoms with Gasteiger partial charge in [-0.3, -0.25) is 10.1 Å². The van der Waals surface area contributed by atoms with Gasteiger partial charge in [-0.2, -0.15) is 0 Å². The summed E-state index contributed by atoms with van der Waals surface area (Å²) in [7, 11) is 0. The molecule has 0 saturated carbocycles. The van der Waals surface area contributed by atoms with Crippen molar-refractivity contribution in [1.82, 2.24) is 15.1 Å². The molecular formula is C27H33N5O2S. The summed E-state index contributed by atoms with van der Waals surface area (Å²) < 4.78 is 0. The van der Waals surface area contributed by atoms with E-state index in [1.165, 1.54) is 11.3 Å². The Balaban J connectivity index is 1.48. The average Bonchev–Trinajstić information content (AvgIpc) is 3.49. The lowest BCUT2D eigenvalue weighted by Crippen LogP contribution is -2.45. The topological polar surface area (TPSA) is 87.2 Å². The molecule has 8 heteroatoms. The maximum Gasteiger partial charge on any atom is 0.322 e. The summed E-state index contributed by atoms with van der Waals surface area (Å²) in [5, 5.41) is 15.6. The van der Waals surface area contributed by atoms with Crippen molar-refractivity contribution in [2.75, 3.05) is 17.2 Å². The van der Waals surface area contributed by atoms with E-state index >= 15 is 0 Å². The largest absolute Gasteiger partial charge is 0.322 e. The van der Waals surface area contributed by atoms with E-state index in [4.69, 9.17) is 0 Å². The molecule has 0 radical (unpaired) electrons. The van der Waals surface area contributed by atoms with Crippen molar-refractivity contribution in [3.63, 3.8) is 0 Å². The van der Waals surface area contributed by atoms with Gasteiger partial charge in [-0.05, 0) is 48.8 Å². The monoisotopic (exact) mass is 491 g/mol. The standard InChI is InChI=1S/C27H33N5O2S/c1-16(2)20-11-7-12-21(17(3)4)23(20)28-27(34)32-14-8-13-22(32)24(33)29-26-31-30-25(35-26)19-10-6-9-18(5)15-19/h6-7,9-12,15-17,22H,8,13-14H2,1-5H3,(H,28,34)(H,29,31,33). The van der Waals surface area contributed by atoms with E-state index in [0.717, 1.165) is 39.4 Å². The van der Waals surface area contributed by atoms with Crippen LogP contribution in [-0.2, 0) is 4.79 Å². The van der Waals surface area contributed by atoms with Crippen LogP contribution in [0.1, 0.15) is 69.1 Å². The molecule has 2 N–H and O–H groups in total. The van der Waals surface area contributed by atoms with Crippen LogP contribution in [0, 0.1) is 6.92 Å². The van der Waals surface area contributed by atoms with E-state index in [1.807, 2.05) is 37.3 Å². The van der Waals surface area contributed by atoms with E-state index in [9.17, 15) is 9.59 Å². The second kappa shape index (κ2) is 10.6. The number of carbonyl (C=O) groups excluding carboxylic acids is 2. The Morgan fingerprint density at radius 2 is 1.69 bits per heavy atom. The van der Waals surface area contributed by atoms with Crippen molar-refractivity contribution < 1.29 is 9.59 Å². The predicted octanol–water partition coefficient (Wildman–Crippen LogP) is 6.40. The molecule has 3 aromatic rings. The van der Waals surface area contributed by atoms with Gasteiger partial charge in [-0.25, -0.2) is 4.79 Å². The molecule has 2 aromatic carbocycles. The van der Waals surface area contributed by atoms with Crippen LogP contribution in [0.5, 0.6) is 0 Å². The number of rotatable bonds is 6. The second-order valence-electron chi connectivity index (χ2n) is 9.67. The lowest BCUT2D eigenvalue weighted by atomic mass is 9.93. The molecule has 0 aliphatic carbocycles. The Labute approximate surface area is 211 Å². The van der Waals surface area contributed by atoms with Gasteiger partial charge in [0, 0.05) is 17.8 Å². The van der Waals surface area contributed by atoms with Crippen LogP contribution in [0.3, 0.4) is 0 Å². The molecule has 0 spiro atoms. The number of likely N-dealkylation sites (tertiary alicyclic amines) is 1. The van der Waals surface area contributed by atoms with Crippen molar-refractivity contribution >= 4 is 34.1 Å². The molecule has 35 heavy (non-hydrogen) atoms. The fraction of sp³-hybridized carbons (Fsp3) is 0.407. The zero-order valence-electron chi connectivity index (χ0n) is 21.0. The minimum absolute atomic E-state index is 0.231. The summed E-state index contributed by atoms with van der Waals surface area (Å²) >= 11 is 1.33. The maximum atomic E-state index is 13.4. The van der Waals surface area contributed by atoms with Gasteiger partial charge in [0.2, 0.25) is 11.0 Å². The highest BCUT2D eigenvalue weighted by molar-refractivity contribution is 7.18. The highest BCUT2D eigenvalue weighted by atomic mass is 32.1.